The fraction of sp³-hybridized carbons (Fsp3) is 0.133. The fourth-order valence-electron chi connectivity index (χ4n) is 2.07. The SMILES string of the molecule is Cc1cccc(-c2nc3c(N)cccc3o2)c1C. The van der Waals surface area contributed by atoms with Gasteiger partial charge < -0.3 is 10.2 Å². The zero-order valence-electron chi connectivity index (χ0n) is 10.4. The van der Waals surface area contributed by atoms with Gasteiger partial charge in [0.15, 0.2) is 5.58 Å². The maximum absolute atomic E-state index is 5.89. The van der Waals surface area contributed by atoms with Gasteiger partial charge in [-0.1, -0.05) is 18.2 Å². The van der Waals surface area contributed by atoms with Gasteiger partial charge in [0.2, 0.25) is 5.89 Å². The van der Waals surface area contributed by atoms with E-state index in [9.17, 15) is 0 Å². The second-order valence-corrected chi connectivity index (χ2v) is 4.46. The lowest BCUT2D eigenvalue weighted by molar-refractivity contribution is 0.619. The number of rotatable bonds is 1. The van der Waals surface area contributed by atoms with Crippen molar-refractivity contribution in [3.05, 3.63) is 47.5 Å². The predicted octanol–water partition coefficient (Wildman–Crippen LogP) is 3.69. The Morgan fingerprint density at radius 3 is 2.61 bits per heavy atom. The lowest BCUT2D eigenvalue weighted by Crippen LogP contribution is -1.87. The van der Waals surface area contributed by atoms with Crippen molar-refractivity contribution in [1.29, 1.82) is 0 Å². The maximum atomic E-state index is 5.89. The molecule has 0 atom stereocenters. The van der Waals surface area contributed by atoms with E-state index in [1.165, 1.54) is 11.1 Å². The minimum atomic E-state index is 0.629. The highest BCUT2D eigenvalue weighted by Crippen LogP contribution is 2.30. The van der Waals surface area contributed by atoms with Crippen LogP contribution in [0.4, 0.5) is 5.69 Å². The van der Waals surface area contributed by atoms with Crippen LogP contribution in [0.2, 0.25) is 0 Å². The number of aryl methyl sites for hydroxylation is 1. The Hall–Kier alpha value is -2.29. The van der Waals surface area contributed by atoms with Gasteiger partial charge in [0.1, 0.15) is 5.52 Å². The molecule has 18 heavy (non-hydrogen) atoms. The van der Waals surface area contributed by atoms with E-state index in [-0.39, 0.29) is 0 Å². The molecule has 0 spiro atoms. The van der Waals surface area contributed by atoms with Crippen LogP contribution >= 0.6 is 0 Å². The first kappa shape index (κ1) is 10.8. The number of benzene rings is 2. The molecule has 3 rings (SSSR count). The van der Waals surface area contributed by atoms with Crippen molar-refractivity contribution in [3.63, 3.8) is 0 Å². The molecule has 0 unspecified atom stereocenters. The predicted molar refractivity (Wildman–Crippen MR) is 73.3 cm³/mol. The lowest BCUT2D eigenvalue weighted by Gasteiger charge is -2.03. The molecule has 3 nitrogen and oxygen atoms in total. The van der Waals surface area contributed by atoms with Crippen LogP contribution in [0.3, 0.4) is 0 Å². The molecule has 0 saturated heterocycles. The van der Waals surface area contributed by atoms with Gasteiger partial charge in [-0.05, 0) is 43.2 Å². The normalized spacial score (nSPS) is 11.0. The molecule has 1 heterocycles. The molecule has 2 N–H and O–H groups in total. The Kier molecular flexibility index (Phi) is 2.33. The number of nitrogens with two attached hydrogens (primary N) is 1. The van der Waals surface area contributed by atoms with E-state index in [2.05, 4.69) is 24.9 Å². The summed E-state index contributed by atoms with van der Waals surface area (Å²) in [6.07, 6.45) is 0. The summed E-state index contributed by atoms with van der Waals surface area (Å²) in [4.78, 5) is 4.49. The van der Waals surface area contributed by atoms with E-state index < -0.39 is 0 Å². The standard InChI is InChI=1S/C15H14N2O/c1-9-5-3-6-11(10(9)2)15-17-14-12(16)7-4-8-13(14)18-15/h3-8H,16H2,1-2H3. The van der Waals surface area contributed by atoms with Crippen molar-refractivity contribution in [2.75, 3.05) is 5.73 Å². The van der Waals surface area contributed by atoms with Gasteiger partial charge in [-0.15, -0.1) is 0 Å². The topological polar surface area (TPSA) is 52.0 Å². The molecular formula is C15H14N2O. The van der Waals surface area contributed by atoms with Crippen LogP contribution in [-0.4, -0.2) is 4.98 Å². The number of nitrogens with zero attached hydrogens (tertiary/aromatic N) is 1. The van der Waals surface area contributed by atoms with Crippen molar-refractivity contribution in [2.24, 2.45) is 0 Å². The minimum Gasteiger partial charge on any atom is -0.436 e. The number of hydrogen-bond acceptors (Lipinski definition) is 3. The second kappa shape index (κ2) is 3.88. The molecule has 2 aromatic carbocycles. The Morgan fingerprint density at radius 2 is 1.83 bits per heavy atom. The van der Waals surface area contributed by atoms with Crippen LogP contribution in [0.25, 0.3) is 22.6 Å². The van der Waals surface area contributed by atoms with Crippen LogP contribution in [0.15, 0.2) is 40.8 Å². The molecule has 0 radical (unpaired) electrons. The molecular weight excluding hydrogens is 224 g/mol. The van der Waals surface area contributed by atoms with Crippen LogP contribution < -0.4 is 5.73 Å². The number of hydrogen-bond donors (Lipinski definition) is 1. The monoisotopic (exact) mass is 238 g/mol. The quantitative estimate of drug-likeness (QED) is 0.658. The number of fused-ring (bicyclic) bond motifs is 1. The summed E-state index contributed by atoms with van der Waals surface area (Å²) in [5.41, 5.74) is 11.4. The van der Waals surface area contributed by atoms with Crippen LogP contribution in [-0.2, 0) is 0 Å². The van der Waals surface area contributed by atoms with E-state index in [4.69, 9.17) is 10.2 Å². The summed E-state index contributed by atoms with van der Waals surface area (Å²) in [6.45, 7) is 4.15. The van der Waals surface area contributed by atoms with Gasteiger partial charge in [0.25, 0.3) is 0 Å². The first-order chi connectivity index (χ1) is 8.66. The van der Waals surface area contributed by atoms with Crippen molar-refractivity contribution in [1.82, 2.24) is 4.98 Å². The summed E-state index contributed by atoms with van der Waals surface area (Å²) < 4.78 is 5.78. The highest BCUT2D eigenvalue weighted by Gasteiger charge is 2.12. The average molecular weight is 238 g/mol. The molecule has 3 aromatic rings. The van der Waals surface area contributed by atoms with E-state index in [0.717, 1.165) is 16.7 Å². The molecule has 0 fully saturated rings. The largest absolute Gasteiger partial charge is 0.436 e. The minimum absolute atomic E-state index is 0.629. The van der Waals surface area contributed by atoms with Crippen molar-refractivity contribution in [3.8, 4) is 11.5 Å². The van der Waals surface area contributed by atoms with Gasteiger partial charge >= 0.3 is 0 Å². The molecule has 90 valence electrons. The first-order valence-electron chi connectivity index (χ1n) is 5.88. The molecule has 0 amide bonds. The highest BCUT2D eigenvalue weighted by atomic mass is 16.3. The van der Waals surface area contributed by atoms with Crippen molar-refractivity contribution in [2.45, 2.75) is 13.8 Å². The molecule has 0 bridgehead atoms. The van der Waals surface area contributed by atoms with Gasteiger partial charge in [0, 0.05) is 5.56 Å². The maximum Gasteiger partial charge on any atom is 0.227 e. The zero-order chi connectivity index (χ0) is 12.7. The van der Waals surface area contributed by atoms with Gasteiger partial charge in [-0.25, -0.2) is 4.98 Å². The average Bonchev–Trinajstić information content (AvgIpc) is 2.78. The highest BCUT2D eigenvalue weighted by molar-refractivity contribution is 5.87. The zero-order valence-corrected chi connectivity index (χ0v) is 10.4. The Bertz CT molecular complexity index is 728. The number of para-hydroxylation sites is 1. The number of nitrogen functional groups attached to an aromatic ring is 1. The van der Waals surface area contributed by atoms with Gasteiger partial charge in [0.05, 0.1) is 5.69 Å². The summed E-state index contributed by atoms with van der Waals surface area (Å²) >= 11 is 0. The molecule has 1 aromatic heterocycles. The number of aromatic nitrogens is 1. The van der Waals surface area contributed by atoms with E-state index in [1.807, 2.05) is 30.3 Å². The van der Waals surface area contributed by atoms with E-state index in [1.54, 1.807) is 0 Å². The molecule has 0 aliphatic heterocycles. The van der Waals surface area contributed by atoms with Crippen LogP contribution in [0, 0.1) is 13.8 Å². The Labute approximate surface area is 105 Å². The third-order valence-electron chi connectivity index (χ3n) is 3.29. The Morgan fingerprint density at radius 1 is 1.06 bits per heavy atom. The molecule has 0 aliphatic carbocycles. The summed E-state index contributed by atoms with van der Waals surface area (Å²) in [5.74, 6) is 0.629. The molecule has 0 saturated carbocycles. The van der Waals surface area contributed by atoms with E-state index in [0.29, 0.717) is 11.6 Å². The fourth-order valence-corrected chi connectivity index (χ4v) is 2.07. The van der Waals surface area contributed by atoms with Gasteiger partial charge in [-0.3, -0.25) is 0 Å². The van der Waals surface area contributed by atoms with Crippen LogP contribution in [0.1, 0.15) is 11.1 Å². The molecule has 0 aliphatic rings. The summed E-state index contributed by atoms with van der Waals surface area (Å²) in [7, 11) is 0. The molecule has 3 heteroatoms. The Balaban J connectivity index is 2.26. The summed E-state index contributed by atoms with van der Waals surface area (Å²) in [6, 6.07) is 11.7. The smallest absolute Gasteiger partial charge is 0.227 e. The summed E-state index contributed by atoms with van der Waals surface area (Å²) in [5, 5.41) is 0. The van der Waals surface area contributed by atoms with E-state index >= 15 is 0 Å². The second-order valence-electron chi connectivity index (χ2n) is 4.46. The number of oxazole rings is 1. The third-order valence-corrected chi connectivity index (χ3v) is 3.29. The van der Waals surface area contributed by atoms with Gasteiger partial charge in [-0.2, -0.15) is 0 Å². The van der Waals surface area contributed by atoms with Crippen LogP contribution in [0.5, 0.6) is 0 Å². The van der Waals surface area contributed by atoms with Crippen molar-refractivity contribution < 1.29 is 4.42 Å². The third kappa shape index (κ3) is 1.56. The first-order valence-corrected chi connectivity index (χ1v) is 5.88. The van der Waals surface area contributed by atoms with Crippen molar-refractivity contribution >= 4 is 16.8 Å². The lowest BCUT2D eigenvalue weighted by atomic mass is 10.0. The number of anilines is 1.